The summed E-state index contributed by atoms with van der Waals surface area (Å²) >= 11 is 0. The molecule has 1 nitrogen and oxygen atoms in total. The van der Waals surface area contributed by atoms with Gasteiger partial charge in [0.05, 0.1) is 5.56 Å². The quantitative estimate of drug-likeness (QED) is 0.889. The molecular formula is C17H16F3N. The zero-order valence-corrected chi connectivity index (χ0v) is 11.4. The lowest BCUT2D eigenvalue weighted by Gasteiger charge is -2.32. The highest BCUT2D eigenvalue weighted by molar-refractivity contribution is 5.41. The van der Waals surface area contributed by atoms with E-state index in [1.54, 1.807) is 6.07 Å². The maximum Gasteiger partial charge on any atom is 0.416 e. The van der Waals surface area contributed by atoms with Crippen molar-refractivity contribution in [2.45, 2.75) is 31.0 Å². The Morgan fingerprint density at radius 1 is 1.05 bits per heavy atom. The summed E-state index contributed by atoms with van der Waals surface area (Å²) in [4.78, 5) is 0. The van der Waals surface area contributed by atoms with Crippen LogP contribution in [0.5, 0.6) is 0 Å². The Morgan fingerprint density at radius 2 is 1.71 bits per heavy atom. The SMILES string of the molecule is NC(CC1Cc2ccccc21)c1ccccc1C(F)(F)F. The van der Waals surface area contributed by atoms with E-state index in [0.29, 0.717) is 6.42 Å². The first-order valence-electron chi connectivity index (χ1n) is 6.96. The molecule has 2 N–H and O–H groups in total. The summed E-state index contributed by atoms with van der Waals surface area (Å²) in [7, 11) is 0. The zero-order chi connectivity index (χ0) is 15.0. The highest BCUT2D eigenvalue weighted by Crippen LogP contribution is 2.42. The van der Waals surface area contributed by atoms with Gasteiger partial charge >= 0.3 is 6.18 Å². The first-order valence-corrected chi connectivity index (χ1v) is 6.96. The van der Waals surface area contributed by atoms with Gasteiger partial charge in [-0.3, -0.25) is 0 Å². The molecule has 0 aromatic heterocycles. The highest BCUT2D eigenvalue weighted by Gasteiger charge is 2.35. The minimum atomic E-state index is -4.36. The molecule has 0 fully saturated rings. The molecule has 0 spiro atoms. The third-order valence-corrected chi connectivity index (χ3v) is 4.17. The van der Waals surface area contributed by atoms with Crippen molar-refractivity contribution >= 4 is 0 Å². The Balaban J connectivity index is 1.80. The summed E-state index contributed by atoms with van der Waals surface area (Å²) in [5.74, 6) is 0.262. The molecular weight excluding hydrogens is 275 g/mol. The van der Waals surface area contributed by atoms with E-state index in [1.807, 2.05) is 18.2 Å². The van der Waals surface area contributed by atoms with Gasteiger partial charge in [-0.25, -0.2) is 0 Å². The molecule has 2 aromatic rings. The largest absolute Gasteiger partial charge is 0.416 e. The Morgan fingerprint density at radius 3 is 2.43 bits per heavy atom. The number of hydrogen-bond acceptors (Lipinski definition) is 1. The number of halogens is 3. The van der Waals surface area contributed by atoms with Crippen LogP contribution in [0.25, 0.3) is 0 Å². The molecule has 0 heterocycles. The van der Waals surface area contributed by atoms with E-state index >= 15 is 0 Å². The molecule has 0 saturated carbocycles. The van der Waals surface area contributed by atoms with E-state index in [9.17, 15) is 13.2 Å². The number of fused-ring (bicyclic) bond motifs is 1. The van der Waals surface area contributed by atoms with E-state index in [0.717, 1.165) is 12.5 Å². The molecule has 0 bridgehead atoms. The number of nitrogens with two attached hydrogens (primary N) is 1. The smallest absolute Gasteiger partial charge is 0.324 e. The number of rotatable bonds is 3. The lowest BCUT2D eigenvalue weighted by atomic mass is 9.73. The van der Waals surface area contributed by atoms with Gasteiger partial charge in [-0.15, -0.1) is 0 Å². The molecule has 2 unspecified atom stereocenters. The highest BCUT2D eigenvalue weighted by atomic mass is 19.4. The van der Waals surface area contributed by atoms with Crippen molar-refractivity contribution in [3.8, 4) is 0 Å². The van der Waals surface area contributed by atoms with Crippen molar-refractivity contribution in [2.24, 2.45) is 5.73 Å². The zero-order valence-electron chi connectivity index (χ0n) is 11.4. The van der Waals surface area contributed by atoms with Crippen LogP contribution in [0.3, 0.4) is 0 Å². The molecule has 1 aliphatic rings. The summed E-state index contributed by atoms with van der Waals surface area (Å²) in [5, 5.41) is 0. The predicted molar refractivity (Wildman–Crippen MR) is 75.9 cm³/mol. The minimum Gasteiger partial charge on any atom is -0.324 e. The average molecular weight is 291 g/mol. The molecule has 110 valence electrons. The second-order valence-electron chi connectivity index (χ2n) is 5.53. The number of benzene rings is 2. The monoisotopic (exact) mass is 291 g/mol. The number of alkyl halides is 3. The molecule has 0 saturated heterocycles. The average Bonchev–Trinajstić information content (AvgIpc) is 2.43. The van der Waals surface area contributed by atoms with Crippen molar-refractivity contribution in [1.29, 1.82) is 0 Å². The van der Waals surface area contributed by atoms with Gasteiger partial charge in [0.1, 0.15) is 0 Å². The first kappa shape index (κ1) is 14.1. The molecule has 1 aliphatic carbocycles. The second kappa shape index (κ2) is 5.19. The fourth-order valence-electron chi connectivity index (χ4n) is 3.08. The summed E-state index contributed by atoms with van der Waals surface area (Å²) in [6.45, 7) is 0. The van der Waals surface area contributed by atoms with E-state index in [2.05, 4.69) is 6.07 Å². The van der Waals surface area contributed by atoms with E-state index in [-0.39, 0.29) is 11.5 Å². The molecule has 21 heavy (non-hydrogen) atoms. The lowest BCUT2D eigenvalue weighted by Crippen LogP contribution is -2.24. The number of hydrogen-bond donors (Lipinski definition) is 1. The van der Waals surface area contributed by atoms with Gasteiger partial charge < -0.3 is 5.73 Å². The van der Waals surface area contributed by atoms with Crippen LogP contribution in [0.4, 0.5) is 13.2 Å². The van der Waals surface area contributed by atoms with Crippen LogP contribution in [0.2, 0.25) is 0 Å². The van der Waals surface area contributed by atoms with Crippen LogP contribution >= 0.6 is 0 Å². The third kappa shape index (κ3) is 2.68. The summed E-state index contributed by atoms with van der Waals surface area (Å²) in [6, 6.07) is 13.0. The molecule has 0 aliphatic heterocycles. The van der Waals surface area contributed by atoms with Crippen LogP contribution < -0.4 is 5.73 Å². The maximum atomic E-state index is 13.0. The van der Waals surface area contributed by atoms with Gasteiger partial charge in [-0.1, -0.05) is 42.5 Å². The van der Waals surface area contributed by atoms with Crippen LogP contribution in [-0.2, 0) is 12.6 Å². The van der Waals surface area contributed by atoms with Gasteiger partial charge in [0, 0.05) is 6.04 Å². The Labute approximate surface area is 121 Å². The van der Waals surface area contributed by atoms with Crippen molar-refractivity contribution in [3.05, 3.63) is 70.8 Å². The summed E-state index contributed by atoms with van der Waals surface area (Å²) < 4.78 is 39.1. The first-order chi connectivity index (χ1) is 9.97. The van der Waals surface area contributed by atoms with Crippen LogP contribution in [0.1, 0.15) is 40.6 Å². The van der Waals surface area contributed by atoms with Crippen molar-refractivity contribution < 1.29 is 13.2 Å². The molecule has 2 aromatic carbocycles. The van der Waals surface area contributed by atoms with Crippen LogP contribution in [0, 0.1) is 0 Å². The standard InChI is InChI=1S/C17H16F3N/c18-17(19,20)15-8-4-3-7-14(15)16(21)10-12-9-11-5-1-2-6-13(11)12/h1-8,12,16H,9-10,21H2. The van der Waals surface area contributed by atoms with Gasteiger partial charge in [-0.05, 0) is 41.5 Å². The van der Waals surface area contributed by atoms with Gasteiger partial charge in [0.2, 0.25) is 0 Å². The Kier molecular flexibility index (Phi) is 3.49. The Hall–Kier alpha value is -1.81. The summed E-state index contributed by atoms with van der Waals surface area (Å²) in [5.41, 5.74) is 8.13. The van der Waals surface area contributed by atoms with E-state index in [4.69, 9.17) is 5.73 Å². The van der Waals surface area contributed by atoms with Gasteiger partial charge in [0.15, 0.2) is 0 Å². The summed E-state index contributed by atoms with van der Waals surface area (Å²) in [6.07, 6.45) is -2.91. The van der Waals surface area contributed by atoms with Crippen molar-refractivity contribution in [1.82, 2.24) is 0 Å². The lowest BCUT2D eigenvalue weighted by molar-refractivity contribution is -0.138. The second-order valence-corrected chi connectivity index (χ2v) is 5.53. The Bertz CT molecular complexity index is 648. The molecule has 3 rings (SSSR count). The van der Waals surface area contributed by atoms with Crippen LogP contribution in [0.15, 0.2) is 48.5 Å². The predicted octanol–water partition coefficient (Wildman–Crippen LogP) is 4.44. The molecule has 0 radical (unpaired) electrons. The minimum absolute atomic E-state index is 0.189. The van der Waals surface area contributed by atoms with E-state index < -0.39 is 17.8 Å². The van der Waals surface area contributed by atoms with Crippen molar-refractivity contribution in [3.63, 3.8) is 0 Å². The molecule has 0 amide bonds. The molecule has 2 atom stereocenters. The normalized spacial score (nSPS) is 18.8. The van der Waals surface area contributed by atoms with Crippen molar-refractivity contribution in [2.75, 3.05) is 0 Å². The topological polar surface area (TPSA) is 26.0 Å². The fourth-order valence-corrected chi connectivity index (χ4v) is 3.08. The molecule has 4 heteroatoms. The van der Waals surface area contributed by atoms with Crippen LogP contribution in [-0.4, -0.2) is 0 Å². The van der Waals surface area contributed by atoms with Gasteiger partial charge in [0.25, 0.3) is 0 Å². The van der Waals surface area contributed by atoms with E-state index in [1.165, 1.54) is 23.3 Å². The fraction of sp³-hybridized carbons (Fsp3) is 0.294. The third-order valence-electron chi connectivity index (χ3n) is 4.17. The van der Waals surface area contributed by atoms with Gasteiger partial charge in [-0.2, -0.15) is 13.2 Å². The maximum absolute atomic E-state index is 13.0.